The van der Waals surface area contributed by atoms with Crippen LogP contribution in [0, 0.1) is 0 Å². The number of imidazole rings is 1. The predicted octanol–water partition coefficient (Wildman–Crippen LogP) is -4.72. The average molecular weight is 444 g/mol. The maximum absolute atomic E-state index is 12.3. The Morgan fingerprint density at radius 2 is 1.45 bits per heavy atom. The number of aromatic amines is 1. The minimum atomic E-state index is -1.60. The van der Waals surface area contributed by atoms with E-state index < -0.39 is 73.5 Å². The van der Waals surface area contributed by atoms with Crippen LogP contribution in [0.25, 0.3) is 0 Å². The Balaban J connectivity index is 2.73. The lowest BCUT2D eigenvalue weighted by Crippen LogP contribution is -2.59. The highest BCUT2D eigenvalue weighted by molar-refractivity contribution is 5.94. The molecule has 3 amide bonds. The number of nitrogens with one attached hydrogen (secondary N) is 4. The summed E-state index contributed by atoms with van der Waals surface area (Å²) in [6.45, 7) is -1.84. The molecule has 0 saturated carbocycles. The Morgan fingerprint density at radius 3 is 1.87 bits per heavy atom. The summed E-state index contributed by atoms with van der Waals surface area (Å²) in [6.07, 6.45) is 1.81. The minimum Gasteiger partial charge on any atom is -0.481 e. The number of amides is 3. The van der Waals surface area contributed by atoms with Gasteiger partial charge in [0, 0.05) is 18.3 Å². The molecule has 15 nitrogen and oxygen atoms in total. The van der Waals surface area contributed by atoms with Crippen LogP contribution in [-0.4, -0.2) is 97.4 Å². The Hall–Kier alpha value is -3.56. The average Bonchev–Trinajstić information content (AvgIpc) is 3.21. The van der Waals surface area contributed by atoms with Crippen molar-refractivity contribution in [3.05, 3.63) is 18.2 Å². The molecule has 10 N–H and O–H groups in total. The van der Waals surface area contributed by atoms with E-state index in [2.05, 4.69) is 20.6 Å². The van der Waals surface area contributed by atoms with Crippen molar-refractivity contribution in [2.75, 3.05) is 13.2 Å². The van der Waals surface area contributed by atoms with Crippen molar-refractivity contribution < 1.29 is 44.4 Å². The van der Waals surface area contributed by atoms with Gasteiger partial charge in [0.05, 0.1) is 32.0 Å². The number of aromatic nitrogens is 2. The molecule has 0 aliphatic carbocycles. The molecule has 0 spiro atoms. The lowest BCUT2D eigenvalue weighted by Gasteiger charge is -2.23. The molecule has 1 aromatic heterocycles. The first-order valence-corrected chi connectivity index (χ1v) is 8.89. The molecule has 0 aromatic carbocycles. The van der Waals surface area contributed by atoms with E-state index >= 15 is 0 Å². The smallest absolute Gasteiger partial charge is 0.326 e. The zero-order chi connectivity index (χ0) is 23.6. The number of aliphatic carboxylic acids is 2. The number of carboxylic acids is 2. The number of H-pyrrole nitrogens is 1. The molecule has 0 aliphatic heterocycles. The number of hydrogen-bond acceptors (Lipinski definition) is 9. The lowest BCUT2D eigenvalue weighted by molar-refractivity contribution is -0.142. The first-order chi connectivity index (χ1) is 14.6. The summed E-state index contributed by atoms with van der Waals surface area (Å²) in [5.41, 5.74) is 5.78. The van der Waals surface area contributed by atoms with Gasteiger partial charge in [0.15, 0.2) is 0 Å². The van der Waals surface area contributed by atoms with E-state index in [0.717, 1.165) is 0 Å². The molecule has 0 saturated heterocycles. The van der Waals surface area contributed by atoms with Crippen LogP contribution < -0.4 is 21.7 Å². The van der Waals surface area contributed by atoms with Gasteiger partial charge in [-0.05, 0) is 0 Å². The molecule has 4 atom stereocenters. The Morgan fingerprint density at radius 1 is 0.935 bits per heavy atom. The largest absolute Gasteiger partial charge is 0.481 e. The highest BCUT2D eigenvalue weighted by Crippen LogP contribution is 2.00. The number of carboxylic acid groups (broad SMARTS) is 2. The van der Waals surface area contributed by atoms with Crippen LogP contribution >= 0.6 is 0 Å². The van der Waals surface area contributed by atoms with Crippen LogP contribution in [-0.2, 0) is 30.4 Å². The van der Waals surface area contributed by atoms with Gasteiger partial charge in [0.25, 0.3) is 0 Å². The van der Waals surface area contributed by atoms with E-state index in [1.54, 1.807) is 0 Å². The second kappa shape index (κ2) is 12.2. The fourth-order valence-electron chi connectivity index (χ4n) is 2.31. The number of hydrogen-bond donors (Lipinski definition) is 9. The Labute approximate surface area is 175 Å². The molecule has 31 heavy (non-hydrogen) atoms. The van der Waals surface area contributed by atoms with Crippen LogP contribution in [0.3, 0.4) is 0 Å². The normalized spacial score (nSPS) is 14.5. The molecule has 1 rings (SSSR count). The molecule has 1 aromatic rings. The molecule has 4 unspecified atom stereocenters. The fraction of sp³-hybridized carbons (Fsp3) is 0.500. The SMILES string of the molecule is NC(CC(=O)O)C(=O)NC(CO)C(=O)NC(CO)C(=O)NC(Cc1cnc[nH]1)C(=O)O. The molecule has 0 fully saturated rings. The summed E-state index contributed by atoms with van der Waals surface area (Å²) >= 11 is 0. The van der Waals surface area contributed by atoms with Crippen molar-refractivity contribution in [2.24, 2.45) is 5.73 Å². The van der Waals surface area contributed by atoms with Gasteiger partial charge < -0.3 is 47.1 Å². The number of rotatable bonds is 13. The van der Waals surface area contributed by atoms with Gasteiger partial charge in [-0.25, -0.2) is 9.78 Å². The van der Waals surface area contributed by atoms with Gasteiger partial charge in [0.1, 0.15) is 18.1 Å². The van der Waals surface area contributed by atoms with Crippen LogP contribution in [0.15, 0.2) is 12.5 Å². The van der Waals surface area contributed by atoms with Crippen molar-refractivity contribution in [1.82, 2.24) is 25.9 Å². The molecule has 15 heteroatoms. The Bertz CT molecular complexity index is 785. The van der Waals surface area contributed by atoms with Gasteiger partial charge in [-0.3, -0.25) is 19.2 Å². The molecule has 0 radical (unpaired) electrons. The van der Waals surface area contributed by atoms with Gasteiger partial charge in [-0.2, -0.15) is 0 Å². The third-order valence-electron chi connectivity index (χ3n) is 3.96. The van der Waals surface area contributed by atoms with E-state index in [4.69, 9.17) is 10.8 Å². The van der Waals surface area contributed by atoms with E-state index in [0.29, 0.717) is 5.69 Å². The molecular formula is C16H24N6O9. The summed E-state index contributed by atoms with van der Waals surface area (Å²) in [7, 11) is 0. The monoisotopic (exact) mass is 444 g/mol. The third kappa shape index (κ3) is 8.37. The third-order valence-corrected chi connectivity index (χ3v) is 3.96. The maximum atomic E-state index is 12.3. The molecule has 0 bridgehead atoms. The van der Waals surface area contributed by atoms with Crippen molar-refractivity contribution in [2.45, 2.75) is 37.0 Å². The van der Waals surface area contributed by atoms with Crippen molar-refractivity contribution >= 4 is 29.7 Å². The van der Waals surface area contributed by atoms with E-state index in [-0.39, 0.29) is 6.42 Å². The van der Waals surface area contributed by atoms with E-state index in [9.17, 15) is 39.3 Å². The zero-order valence-corrected chi connectivity index (χ0v) is 16.1. The lowest BCUT2D eigenvalue weighted by atomic mass is 10.1. The predicted molar refractivity (Wildman–Crippen MR) is 100 cm³/mol. The van der Waals surface area contributed by atoms with E-state index in [1.807, 2.05) is 5.32 Å². The molecular weight excluding hydrogens is 420 g/mol. The highest BCUT2D eigenvalue weighted by Gasteiger charge is 2.30. The quantitative estimate of drug-likeness (QED) is 0.139. The summed E-state index contributed by atoms with van der Waals surface area (Å²) < 4.78 is 0. The van der Waals surface area contributed by atoms with Gasteiger partial charge >= 0.3 is 11.9 Å². The first kappa shape index (κ1) is 25.5. The fourth-order valence-corrected chi connectivity index (χ4v) is 2.31. The molecule has 1 heterocycles. The Kier molecular flexibility index (Phi) is 10.0. The van der Waals surface area contributed by atoms with Crippen molar-refractivity contribution in [3.8, 4) is 0 Å². The zero-order valence-electron chi connectivity index (χ0n) is 16.1. The highest BCUT2D eigenvalue weighted by atomic mass is 16.4. The van der Waals surface area contributed by atoms with Crippen LogP contribution in [0.2, 0.25) is 0 Å². The van der Waals surface area contributed by atoms with Gasteiger partial charge in [-0.1, -0.05) is 0 Å². The second-order valence-corrected chi connectivity index (χ2v) is 6.37. The second-order valence-electron chi connectivity index (χ2n) is 6.37. The van der Waals surface area contributed by atoms with Crippen molar-refractivity contribution in [3.63, 3.8) is 0 Å². The number of aliphatic hydroxyl groups excluding tert-OH is 2. The maximum Gasteiger partial charge on any atom is 0.326 e. The van der Waals surface area contributed by atoms with Gasteiger partial charge in [-0.15, -0.1) is 0 Å². The van der Waals surface area contributed by atoms with E-state index in [1.165, 1.54) is 12.5 Å². The molecule has 0 aliphatic rings. The topological polar surface area (TPSA) is 257 Å². The van der Waals surface area contributed by atoms with Crippen LogP contribution in [0.4, 0.5) is 0 Å². The molecule has 172 valence electrons. The minimum absolute atomic E-state index is 0.149. The number of nitrogens with zero attached hydrogens (tertiary/aromatic N) is 1. The van der Waals surface area contributed by atoms with Crippen molar-refractivity contribution in [1.29, 1.82) is 0 Å². The number of aliphatic hydroxyl groups is 2. The summed E-state index contributed by atoms with van der Waals surface area (Å²) in [5.74, 6) is -5.89. The summed E-state index contributed by atoms with van der Waals surface area (Å²) in [6, 6.07) is -6.10. The summed E-state index contributed by atoms with van der Waals surface area (Å²) in [4.78, 5) is 64.7. The van der Waals surface area contributed by atoms with Gasteiger partial charge in [0.2, 0.25) is 17.7 Å². The first-order valence-electron chi connectivity index (χ1n) is 8.89. The number of nitrogens with two attached hydrogens (primary N) is 1. The number of carbonyl (C=O) groups is 5. The summed E-state index contributed by atoms with van der Waals surface area (Å²) in [5, 5.41) is 42.8. The van der Waals surface area contributed by atoms with Crippen LogP contribution in [0.5, 0.6) is 0 Å². The van der Waals surface area contributed by atoms with Crippen LogP contribution in [0.1, 0.15) is 12.1 Å². The standard InChI is InChI=1S/C16H24N6O9/c17-8(2-12(25)26)13(27)21-10(4-23)15(29)22-11(5-24)14(28)20-9(16(30)31)1-7-3-18-6-19-7/h3,6,8-11,23-24H,1-2,4-5,17H2,(H,18,19)(H,20,28)(H,21,27)(H,22,29)(H,25,26)(H,30,31). The number of carbonyl (C=O) groups excluding carboxylic acids is 3.